The zero-order chi connectivity index (χ0) is 18.1. The Hall–Kier alpha value is -1.71. The molecule has 1 aromatic heterocycles. The molecule has 0 aliphatic carbocycles. The molecule has 0 saturated carbocycles. The largest absolute Gasteiger partial charge is 0.283 e. The number of benzene rings is 1. The standard InChI is InChI=1S/C15H21N3O4S2/c1-5-17(6-2)24(21,22)15-12(3)16-18(13(15)4)23(19,20)14-10-8-7-9-11-14/h7-11H,5-6H2,1-4H3. The van der Waals surface area contributed by atoms with E-state index in [-0.39, 0.29) is 21.2 Å². The van der Waals surface area contributed by atoms with Gasteiger partial charge >= 0.3 is 0 Å². The van der Waals surface area contributed by atoms with Gasteiger partial charge in [0, 0.05) is 13.1 Å². The molecule has 0 atom stereocenters. The van der Waals surface area contributed by atoms with Crippen LogP contribution in [0.25, 0.3) is 0 Å². The molecule has 132 valence electrons. The molecule has 0 aliphatic rings. The Morgan fingerprint density at radius 3 is 2.04 bits per heavy atom. The molecule has 0 unspecified atom stereocenters. The molecule has 0 bridgehead atoms. The molecular weight excluding hydrogens is 350 g/mol. The summed E-state index contributed by atoms with van der Waals surface area (Å²) < 4.78 is 53.2. The van der Waals surface area contributed by atoms with E-state index in [4.69, 9.17) is 0 Å². The van der Waals surface area contributed by atoms with Gasteiger partial charge in [-0.2, -0.15) is 21.9 Å². The van der Waals surface area contributed by atoms with Crippen molar-refractivity contribution in [2.75, 3.05) is 13.1 Å². The number of hydrogen-bond donors (Lipinski definition) is 0. The van der Waals surface area contributed by atoms with Crippen LogP contribution in [-0.4, -0.2) is 43.4 Å². The Bertz CT molecular complexity index is 929. The van der Waals surface area contributed by atoms with E-state index in [9.17, 15) is 16.8 Å². The highest BCUT2D eigenvalue weighted by Crippen LogP contribution is 2.26. The highest BCUT2D eigenvalue weighted by Gasteiger charge is 2.32. The Morgan fingerprint density at radius 1 is 1.00 bits per heavy atom. The van der Waals surface area contributed by atoms with Crippen molar-refractivity contribution in [2.45, 2.75) is 37.5 Å². The van der Waals surface area contributed by atoms with E-state index in [2.05, 4.69) is 5.10 Å². The van der Waals surface area contributed by atoms with Crippen LogP contribution in [0.15, 0.2) is 40.1 Å². The average Bonchev–Trinajstić information content (AvgIpc) is 2.85. The quantitative estimate of drug-likeness (QED) is 0.772. The molecule has 0 aliphatic heterocycles. The highest BCUT2D eigenvalue weighted by atomic mass is 32.2. The van der Waals surface area contributed by atoms with Crippen LogP contribution < -0.4 is 0 Å². The van der Waals surface area contributed by atoms with Gasteiger partial charge in [0.05, 0.1) is 16.3 Å². The second kappa shape index (κ2) is 6.66. The summed E-state index contributed by atoms with van der Waals surface area (Å²) in [6.45, 7) is 7.02. The van der Waals surface area contributed by atoms with Crippen LogP contribution in [-0.2, 0) is 20.0 Å². The van der Waals surface area contributed by atoms with Crippen LogP contribution in [0.3, 0.4) is 0 Å². The summed E-state index contributed by atoms with van der Waals surface area (Å²) in [6.07, 6.45) is 0. The molecule has 0 radical (unpaired) electrons. The van der Waals surface area contributed by atoms with Crippen molar-refractivity contribution in [3.63, 3.8) is 0 Å². The van der Waals surface area contributed by atoms with Crippen LogP contribution in [0, 0.1) is 13.8 Å². The summed E-state index contributed by atoms with van der Waals surface area (Å²) in [5.41, 5.74) is 0.252. The Balaban J connectivity index is 2.67. The van der Waals surface area contributed by atoms with Gasteiger partial charge < -0.3 is 0 Å². The Morgan fingerprint density at radius 2 is 1.54 bits per heavy atom. The molecule has 2 aromatic rings. The molecule has 1 heterocycles. The summed E-state index contributed by atoms with van der Waals surface area (Å²) in [6, 6.07) is 7.81. The van der Waals surface area contributed by atoms with Gasteiger partial charge in [0.1, 0.15) is 4.90 Å². The van der Waals surface area contributed by atoms with E-state index >= 15 is 0 Å². The second-order valence-electron chi connectivity index (χ2n) is 5.25. The fourth-order valence-electron chi connectivity index (χ4n) is 2.60. The number of hydrogen-bond acceptors (Lipinski definition) is 5. The second-order valence-corrected chi connectivity index (χ2v) is 8.89. The van der Waals surface area contributed by atoms with E-state index in [1.54, 1.807) is 32.0 Å². The predicted molar refractivity (Wildman–Crippen MR) is 90.8 cm³/mol. The van der Waals surface area contributed by atoms with Crippen LogP contribution in [0.1, 0.15) is 25.2 Å². The summed E-state index contributed by atoms with van der Waals surface area (Å²) in [5, 5.41) is 4.00. The molecule has 24 heavy (non-hydrogen) atoms. The van der Waals surface area contributed by atoms with Crippen LogP contribution >= 0.6 is 0 Å². The lowest BCUT2D eigenvalue weighted by Crippen LogP contribution is -2.31. The van der Waals surface area contributed by atoms with E-state index in [0.717, 1.165) is 4.09 Å². The van der Waals surface area contributed by atoms with E-state index in [1.807, 2.05) is 0 Å². The van der Waals surface area contributed by atoms with Gasteiger partial charge in [-0.1, -0.05) is 32.0 Å². The first-order chi connectivity index (χ1) is 11.2. The summed E-state index contributed by atoms with van der Waals surface area (Å²) in [7, 11) is -7.75. The van der Waals surface area contributed by atoms with Crippen molar-refractivity contribution in [1.29, 1.82) is 0 Å². The molecule has 2 rings (SSSR count). The Labute approximate surface area is 143 Å². The molecule has 9 heteroatoms. The molecule has 0 spiro atoms. The van der Waals surface area contributed by atoms with Crippen molar-refractivity contribution >= 4 is 20.0 Å². The first-order valence-corrected chi connectivity index (χ1v) is 10.4. The van der Waals surface area contributed by atoms with Crippen molar-refractivity contribution in [3.05, 3.63) is 41.7 Å². The maximum absolute atomic E-state index is 12.8. The van der Waals surface area contributed by atoms with Gasteiger partial charge in [0.15, 0.2) is 0 Å². The number of rotatable bonds is 6. The van der Waals surface area contributed by atoms with E-state index in [0.29, 0.717) is 13.1 Å². The fraction of sp³-hybridized carbons (Fsp3) is 0.400. The van der Waals surface area contributed by atoms with Gasteiger partial charge in [0.25, 0.3) is 10.0 Å². The van der Waals surface area contributed by atoms with Gasteiger partial charge in [0.2, 0.25) is 10.0 Å². The topological polar surface area (TPSA) is 89.3 Å². The minimum absolute atomic E-state index is 0.0503. The number of nitrogens with zero attached hydrogens (tertiary/aromatic N) is 3. The van der Waals surface area contributed by atoms with Gasteiger partial charge in [-0.05, 0) is 26.0 Å². The molecular formula is C15H21N3O4S2. The first-order valence-electron chi connectivity index (χ1n) is 7.54. The summed E-state index contributed by atoms with van der Waals surface area (Å²) >= 11 is 0. The number of sulfonamides is 1. The highest BCUT2D eigenvalue weighted by molar-refractivity contribution is 7.90. The average molecular weight is 371 g/mol. The molecule has 0 N–H and O–H groups in total. The van der Waals surface area contributed by atoms with Crippen molar-refractivity contribution in [2.24, 2.45) is 0 Å². The van der Waals surface area contributed by atoms with Crippen LogP contribution in [0.4, 0.5) is 0 Å². The lowest BCUT2D eigenvalue weighted by atomic mass is 10.4. The Kier molecular flexibility index (Phi) is 5.17. The molecule has 0 fully saturated rings. The molecule has 0 saturated heterocycles. The minimum Gasteiger partial charge on any atom is -0.207 e. The zero-order valence-electron chi connectivity index (χ0n) is 14.1. The molecule has 7 nitrogen and oxygen atoms in total. The maximum Gasteiger partial charge on any atom is 0.283 e. The lowest BCUT2D eigenvalue weighted by molar-refractivity contribution is 0.444. The zero-order valence-corrected chi connectivity index (χ0v) is 15.7. The summed E-state index contributed by atoms with van der Waals surface area (Å²) in [4.78, 5) is 0.00749. The van der Waals surface area contributed by atoms with E-state index < -0.39 is 20.0 Å². The third-order valence-electron chi connectivity index (χ3n) is 3.76. The van der Waals surface area contributed by atoms with Crippen LogP contribution in [0.5, 0.6) is 0 Å². The van der Waals surface area contributed by atoms with Crippen molar-refractivity contribution in [3.8, 4) is 0 Å². The molecule has 1 aromatic carbocycles. The lowest BCUT2D eigenvalue weighted by Gasteiger charge is -2.18. The van der Waals surface area contributed by atoms with Gasteiger partial charge in [-0.15, -0.1) is 0 Å². The normalized spacial score (nSPS) is 12.7. The van der Waals surface area contributed by atoms with Crippen LogP contribution in [0.2, 0.25) is 0 Å². The summed E-state index contributed by atoms with van der Waals surface area (Å²) in [5.74, 6) is 0. The maximum atomic E-state index is 12.8. The van der Waals surface area contributed by atoms with Crippen molar-refractivity contribution < 1.29 is 16.8 Å². The smallest absolute Gasteiger partial charge is 0.207 e. The van der Waals surface area contributed by atoms with Gasteiger partial charge in [-0.3, -0.25) is 0 Å². The third kappa shape index (κ3) is 2.99. The molecule has 0 amide bonds. The predicted octanol–water partition coefficient (Wildman–Crippen LogP) is 1.77. The third-order valence-corrected chi connectivity index (χ3v) is 7.74. The minimum atomic E-state index is -3.95. The van der Waals surface area contributed by atoms with Gasteiger partial charge in [-0.25, -0.2) is 8.42 Å². The number of aromatic nitrogens is 2. The number of aryl methyl sites for hydroxylation is 1. The SMILES string of the molecule is CCN(CC)S(=O)(=O)c1c(C)nn(S(=O)(=O)c2ccccc2)c1C. The van der Waals surface area contributed by atoms with Crippen molar-refractivity contribution in [1.82, 2.24) is 13.5 Å². The monoisotopic (exact) mass is 371 g/mol. The fourth-order valence-corrected chi connectivity index (χ4v) is 5.85. The van der Waals surface area contributed by atoms with E-state index in [1.165, 1.54) is 30.3 Å². The first kappa shape index (κ1) is 18.6.